The predicted octanol–water partition coefficient (Wildman–Crippen LogP) is 12.0. The minimum Gasteiger partial charge on any atom is -0.756 e. The van der Waals surface area contributed by atoms with Crippen LogP contribution in [0.15, 0.2) is 60.8 Å². The van der Waals surface area contributed by atoms with Crippen molar-refractivity contribution in [3.63, 3.8) is 0 Å². The molecule has 0 aromatic heterocycles. The van der Waals surface area contributed by atoms with Crippen LogP contribution in [0.5, 0.6) is 0 Å². The Kier molecular flexibility index (Phi) is 37.5. The average Bonchev–Trinajstić information content (AvgIpc) is 3.15. The first-order chi connectivity index (χ1) is 27.0. The molecule has 0 aromatic rings. The summed E-state index contributed by atoms with van der Waals surface area (Å²) in [4.78, 5) is 25.3. The maximum atomic E-state index is 12.8. The van der Waals surface area contributed by atoms with Gasteiger partial charge in [-0.1, -0.05) is 177 Å². The summed E-state index contributed by atoms with van der Waals surface area (Å²) in [7, 11) is 1.22. The van der Waals surface area contributed by atoms with Gasteiger partial charge < -0.3 is 28.8 Å². The van der Waals surface area contributed by atoms with Crippen LogP contribution in [0, 0.1) is 0 Å². The molecule has 0 saturated carbocycles. The number of rotatable bonds is 40. The van der Waals surface area contributed by atoms with E-state index in [-0.39, 0.29) is 18.9 Å². The number of phosphoric acid groups is 1. The van der Waals surface area contributed by atoms with Crippen LogP contribution in [0.1, 0.15) is 181 Å². The molecule has 0 aliphatic rings. The van der Waals surface area contributed by atoms with E-state index in [1.165, 1.54) is 96.3 Å². The maximum Gasteiger partial charge on any atom is 0.268 e. The van der Waals surface area contributed by atoms with Crippen molar-refractivity contribution in [3.8, 4) is 0 Å². The van der Waals surface area contributed by atoms with Gasteiger partial charge in [-0.2, -0.15) is 0 Å². The number of phosphoric ester groups is 1. The van der Waals surface area contributed by atoms with Gasteiger partial charge in [0.15, 0.2) is 0 Å². The summed E-state index contributed by atoms with van der Waals surface area (Å²) in [5, 5.41) is 13.8. The number of likely N-dealkylation sites (N-methyl/N-ethyl adjacent to an activating group) is 1. The highest BCUT2D eigenvalue weighted by Crippen LogP contribution is 2.38. The van der Waals surface area contributed by atoms with Crippen molar-refractivity contribution in [2.24, 2.45) is 0 Å². The molecule has 0 fully saturated rings. The fourth-order valence-electron chi connectivity index (χ4n) is 6.14. The third kappa shape index (κ3) is 40.4. The van der Waals surface area contributed by atoms with E-state index in [4.69, 9.17) is 9.05 Å². The highest BCUT2D eigenvalue weighted by Gasteiger charge is 2.23. The van der Waals surface area contributed by atoms with E-state index in [1.807, 2.05) is 27.2 Å². The topological polar surface area (TPSA) is 108 Å². The third-order valence-electron chi connectivity index (χ3n) is 9.73. The van der Waals surface area contributed by atoms with Crippen LogP contribution in [0.3, 0.4) is 0 Å². The lowest BCUT2D eigenvalue weighted by molar-refractivity contribution is -0.870. The predicted molar refractivity (Wildman–Crippen MR) is 237 cm³/mol. The van der Waals surface area contributed by atoms with E-state index in [1.54, 1.807) is 6.08 Å². The normalized spacial score (nSPS) is 14.9. The number of quaternary nitrogens is 1. The van der Waals surface area contributed by atoms with Gasteiger partial charge >= 0.3 is 0 Å². The van der Waals surface area contributed by atoms with Gasteiger partial charge in [-0.15, -0.1) is 0 Å². The number of nitrogens with zero attached hydrogens (tertiary/aromatic N) is 1. The van der Waals surface area contributed by atoms with E-state index < -0.39 is 26.6 Å². The number of aliphatic hydroxyl groups excluding tert-OH is 1. The molecule has 0 radical (unpaired) electrons. The lowest BCUT2D eigenvalue weighted by atomic mass is 10.0. The van der Waals surface area contributed by atoms with Crippen molar-refractivity contribution >= 4 is 13.7 Å². The summed E-state index contributed by atoms with van der Waals surface area (Å²) in [6.07, 6.45) is 49.9. The van der Waals surface area contributed by atoms with E-state index >= 15 is 0 Å². The number of carbonyl (C=O) groups excluding carboxylic acids is 1. The van der Waals surface area contributed by atoms with Gasteiger partial charge in [-0.05, 0) is 57.8 Å². The van der Waals surface area contributed by atoms with Gasteiger partial charge in [-0.25, -0.2) is 0 Å². The van der Waals surface area contributed by atoms with Gasteiger partial charge in [0.05, 0.1) is 39.9 Å². The monoisotopic (exact) mass is 807 g/mol. The first-order valence-corrected chi connectivity index (χ1v) is 24.1. The van der Waals surface area contributed by atoms with E-state index in [0.29, 0.717) is 17.4 Å². The van der Waals surface area contributed by atoms with E-state index in [9.17, 15) is 19.4 Å². The number of allylic oxidation sites excluding steroid dienone is 9. The van der Waals surface area contributed by atoms with E-state index in [2.05, 4.69) is 67.8 Å². The molecule has 0 rings (SSSR count). The number of aliphatic hydroxyl groups is 1. The van der Waals surface area contributed by atoms with Crippen LogP contribution in [-0.2, 0) is 18.4 Å². The van der Waals surface area contributed by atoms with Crippen LogP contribution in [-0.4, -0.2) is 68.5 Å². The smallest absolute Gasteiger partial charge is 0.268 e. The molecule has 2 N–H and O–H groups in total. The van der Waals surface area contributed by atoms with Gasteiger partial charge in [0, 0.05) is 6.42 Å². The Balaban J connectivity index is 4.48. The summed E-state index contributed by atoms with van der Waals surface area (Å²) in [5.74, 6) is -0.240. The summed E-state index contributed by atoms with van der Waals surface area (Å²) in [6, 6.07) is -0.909. The summed E-state index contributed by atoms with van der Waals surface area (Å²) in [6.45, 7) is 4.49. The number of nitrogens with one attached hydrogen (secondary N) is 1. The quantitative estimate of drug-likeness (QED) is 0.0276. The number of unbranched alkanes of at least 4 members (excludes halogenated alkanes) is 19. The summed E-state index contributed by atoms with van der Waals surface area (Å²) < 4.78 is 23.2. The Hall–Kier alpha value is -1.80. The second-order valence-corrected chi connectivity index (χ2v) is 17.8. The lowest BCUT2D eigenvalue weighted by Crippen LogP contribution is -2.45. The first-order valence-electron chi connectivity index (χ1n) is 22.7. The molecule has 0 saturated heterocycles. The molecule has 1 amide bonds. The molecule has 0 aliphatic carbocycles. The Morgan fingerprint density at radius 1 is 0.643 bits per heavy atom. The number of hydrogen-bond donors (Lipinski definition) is 2. The molecule has 3 unspecified atom stereocenters. The van der Waals surface area contributed by atoms with Crippen molar-refractivity contribution in [3.05, 3.63) is 60.8 Å². The van der Waals surface area contributed by atoms with E-state index in [0.717, 1.165) is 57.8 Å². The summed E-state index contributed by atoms with van der Waals surface area (Å²) in [5.41, 5.74) is 0. The maximum absolute atomic E-state index is 12.8. The zero-order valence-corrected chi connectivity index (χ0v) is 37.7. The molecular weight excluding hydrogens is 719 g/mol. The minimum absolute atomic E-state index is 0.0115. The molecule has 326 valence electrons. The molecule has 0 spiro atoms. The minimum atomic E-state index is -4.60. The van der Waals surface area contributed by atoms with Crippen molar-refractivity contribution in [1.29, 1.82) is 0 Å². The van der Waals surface area contributed by atoms with Gasteiger partial charge in [0.1, 0.15) is 13.2 Å². The SMILES string of the molecule is CC/C=C\C/C=C\C/C=C\C/C=C\CCCCC(=O)NC(COP(=O)([O-])OCC[N+](C)(C)C)C(O)/C=C/CCCCCCCCCCCCCCCCCCC. The summed E-state index contributed by atoms with van der Waals surface area (Å²) >= 11 is 0. The van der Waals surface area contributed by atoms with Crippen molar-refractivity contribution in [2.75, 3.05) is 40.9 Å². The molecule has 0 bridgehead atoms. The second kappa shape index (κ2) is 38.7. The Morgan fingerprint density at radius 3 is 1.59 bits per heavy atom. The van der Waals surface area contributed by atoms with Gasteiger partial charge in [0.25, 0.3) is 7.82 Å². The van der Waals surface area contributed by atoms with Crippen LogP contribution < -0.4 is 10.2 Å². The lowest BCUT2D eigenvalue weighted by Gasteiger charge is -2.29. The zero-order chi connectivity index (χ0) is 41.4. The standard InChI is InChI=1S/C47H87N2O6P/c1-6-8-10-12-14-16-18-20-22-23-24-25-27-28-30-32-34-36-38-40-46(50)45(44-55-56(52,53)54-43-42-49(3,4)5)48-47(51)41-39-37-35-33-31-29-26-21-19-17-15-13-11-9-7-2/h9,11,15,17,21,26,31,33,38,40,45-46,50H,6-8,10,12-14,16,18-20,22-25,27-30,32,34-37,39,41-44H2,1-5H3,(H-,48,51,52,53)/b11-9-,17-15-,26-21-,33-31-,40-38+. The highest BCUT2D eigenvalue weighted by atomic mass is 31.2. The van der Waals surface area contributed by atoms with Crippen molar-refractivity contribution < 1.29 is 32.9 Å². The third-order valence-corrected chi connectivity index (χ3v) is 10.7. The highest BCUT2D eigenvalue weighted by molar-refractivity contribution is 7.45. The zero-order valence-electron chi connectivity index (χ0n) is 36.8. The Bertz CT molecular complexity index is 1100. The van der Waals surface area contributed by atoms with Crippen molar-refractivity contribution in [2.45, 2.75) is 193 Å². The number of hydrogen-bond acceptors (Lipinski definition) is 6. The van der Waals surface area contributed by atoms with Crippen LogP contribution in [0.25, 0.3) is 0 Å². The number of carbonyl (C=O) groups is 1. The molecule has 0 heterocycles. The second-order valence-electron chi connectivity index (χ2n) is 16.4. The van der Waals surface area contributed by atoms with Crippen molar-refractivity contribution in [1.82, 2.24) is 5.32 Å². The largest absolute Gasteiger partial charge is 0.756 e. The Morgan fingerprint density at radius 2 is 1.09 bits per heavy atom. The van der Waals surface area contributed by atoms with Crippen LogP contribution >= 0.6 is 7.82 Å². The Labute approximate surface area is 345 Å². The van der Waals surface area contributed by atoms with Gasteiger partial charge in [0.2, 0.25) is 5.91 Å². The molecule has 8 nitrogen and oxygen atoms in total. The fourth-order valence-corrected chi connectivity index (χ4v) is 6.87. The molecular formula is C47H87N2O6P. The molecule has 3 atom stereocenters. The van der Waals surface area contributed by atoms with Crippen LogP contribution in [0.2, 0.25) is 0 Å². The number of amides is 1. The average molecular weight is 807 g/mol. The fraction of sp³-hybridized carbons (Fsp3) is 0.766. The van der Waals surface area contributed by atoms with Gasteiger partial charge in [-0.3, -0.25) is 9.36 Å². The molecule has 56 heavy (non-hydrogen) atoms. The first kappa shape index (κ1) is 54.2. The molecule has 0 aliphatic heterocycles. The molecule has 9 heteroatoms. The van der Waals surface area contributed by atoms with Crippen LogP contribution in [0.4, 0.5) is 0 Å². The molecule has 0 aromatic carbocycles.